The zero-order chi connectivity index (χ0) is 27.4. The van der Waals surface area contributed by atoms with Crippen molar-refractivity contribution in [1.29, 1.82) is 0 Å². The number of para-hydroxylation sites is 1. The Bertz CT molecular complexity index is 1310. The highest BCUT2D eigenvalue weighted by Crippen LogP contribution is 2.40. The number of hydrogen-bond acceptors (Lipinski definition) is 9. The summed E-state index contributed by atoms with van der Waals surface area (Å²) in [6.45, 7) is 0. The van der Waals surface area contributed by atoms with Gasteiger partial charge in [-0.05, 0) is 23.3 Å². The van der Waals surface area contributed by atoms with E-state index in [9.17, 15) is 17.5 Å². The predicted octanol–water partition coefficient (Wildman–Crippen LogP) is 2.33. The molecule has 2 aromatic carbocycles. The summed E-state index contributed by atoms with van der Waals surface area (Å²) in [4.78, 5) is 0. The molecule has 0 aromatic heterocycles. The summed E-state index contributed by atoms with van der Waals surface area (Å²) in [6.07, 6.45) is 4.14. The number of nitrogens with two attached hydrogens (primary N) is 2. The summed E-state index contributed by atoms with van der Waals surface area (Å²) in [7, 11) is 1.20. The van der Waals surface area contributed by atoms with E-state index >= 15 is 0 Å². The van der Waals surface area contributed by atoms with Gasteiger partial charge in [0.15, 0.2) is 0 Å². The molecule has 1 aliphatic carbocycles. The first-order valence-corrected chi connectivity index (χ1v) is 13.8. The number of ether oxygens (including phenoxy) is 4. The van der Waals surface area contributed by atoms with Crippen LogP contribution >= 0.6 is 0 Å². The normalized spacial score (nSPS) is 20.7. The summed E-state index contributed by atoms with van der Waals surface area (Å²) in [5.41, 5.74) is 12.3. The van der Waals surface area contributed by atoms with Gasteiger partial charge in [0.1, 0.15) is 39.4 Å². The maximum absolute atomic E-state index is 13.0. The molecule has 2 aromatic rings. The highest BCUT2D eigenvalue weighted by molar-refractivity contribution is 7.94. The number of methoxy groups -OCH3 is 4. The van der Waals surface area contributed by atoms with Crippen LogP contribution in [0.25, 0.3) is 6.08 Å². The molecule has 0 aliphatic heterocycles. The van der Waals surface area contributed by atoms with Gasteiger partial charge >= 0.3 is 0 Å². The molecule has 3 unspecified atom stereocenters. The van der Waals surface area contributed by atoms with Crippen molar-refractivity contribution in [2.24, 2.45) is 11.5 Å². The van der Waals surface area contributed by atoms with Gasteiger partial charge in [-0.3, -0.25) is 4.55 Å². The Morgan fingerprint density at radius 1 is 1.05 bits per heavy atom. The molecule has 37 heavy (non-hydrogen) atoms. The summed E-state index contributed by atoms with van der Waals surface area (Å²) in [5.74, 6) is 1.60. The number of rotatable bonds is 10. The van der Waals surface area contributed by atoms with Gasteiger partial charge in [-0.25, -0.2) is 0 Å². The van der Waals surface area contributed by atoms with E-state index in [-0.39, 0.29) is 17.0 Å². The third-order valence-electron chi connectivity index (χ3n) is 5.92. The van der Waals surface area contributed by atoms with Crippen molar-refractivity contribution in [3.05, 3.63) is 76.4 Å². The Morgan fingerprint density at radius 3 is 2.19 bits per heavy atom. The molecule has 0 saturated carbocycles. The van der Waals surface area contributed by atoms with Crippen LogP contribution in [0.1, 0.15) is 11.1 Å². The van der Waals surface area contributed by atoms with Crippen molar-refractivity contribution in [3.8, 4) is 23.0 Å². The van der Waals surface area contributed by atoms with E-state index in [0.717, 1.165) is 0 Å². The van der Waals surface area contributed by atoms with Crippen molar-refractivity contribution in [2.75, 3.05) is 34.2 Å². The minimum absolute atomic E-state index is 0.131. The fourth-order valence-corrected chi connectivity index (χ4v) is 6.07. The minimum Gasteiger partial charge on any atom is -0.612 e. The number of allylic oxidation sites excluding steroid dienone is 1. The molecule has 0 bridgehead atoms. The molecule has 12 heteroatoms. The molecule has 10 nitrogen and oxygen atoms in total. The quantitative estimate of drug-likeness (QED) is 0.295. The van der Waals surface area contributed by atoms with Crippen LogP contribution in [0.5, 0.6) is 23.0 Å². The van der Waals surface area contributed by atoms with Gasteiger partial charge < -0.3 is 35.0 Å². The standard InChI is InChI=1S/C25H30N2O8S2/c1-32-17-12-22(34-3)18(23(13-17)35-4)9-10-36(28)15-16-11-24(37(29,30)31)25(27,14-20(16)26)19-7-5-6-8-21(19)33-2/h5-14,24H,15,26-27H2,1-4H3,(H,29,30,31)/b10-9+. The number of hydrogen-bond donors (Lipinski definition) is 3. The van der Waals surface area contributed by atoms with Crippen molar-refractivity contribution >= 4 is 27.4 Å². The minimum atomic E-state index is -4.70. The Morgan fingerprint density at radius 2 is 1.65 bits per heavy atom. The highest BCUT2D eigenvalue weighted by atomic mass is 32.2. The average Bonchev–Trinajstić information content (AvgIpc) is 2.87. The van der Waals surface area contributed by atoms with Crippen LogP contribution in [-0.2, 0) is 26.8 Å². The lowest BCUT2D eigenvalue weighted by atomic mass is 9.81. The molecule has 0 saturated heterocycles. The molecule has 0 radical (unpaired) electrons. The monoisotopic (exact) mass is 550 g/mol. The second-order valence-corrected chi connectivity index (χ2v) is 11.0. The lowest BCUT2D eigenvalue weighted by Gasteiger charge is -2.36. The molecule has 200 valence electrons. The maximum Gasteiger partial charge on any atom is 0.273 e. The average molecular weight is 551 g/mol. The Labute approximate surface area is 219 Å². The fraction of sp³-hybridized carbons (Fsp3) is 0.280. The largest absolute Gasteiger partial charge is 0.612 e. The molecule has 5 N–H and O–H groups in total. The molecule has 0 spiro atoms. The van der Waals surface area contributed by atoms with Crippen molar-refractivity contribution in [1.82, 2.24) is 0 Å². The predicted molar refractivity (Wildman–Crippen MR) is 143 cm³/mol. The molecule has 3 atom stereocenters. The first-order chi connectivity index (χ1) is 17.5. The zero-order valence-electron chi connectivity index (χ0n) is 20.8. The van der Waals surface area contributed by atoms with E-state index in [1.165, 1.54) is 46.0 Å². The van der Waals surface area contributed by atoms with Crippen LogP contribution in [0.4, 0.5) is 0 Å². The summed E-state index contributed by atoms with van der Waals surface area (Å²) < 4.78 is 69.2. The Hall–Kier alpha value is -3.16. The summed E-state index contributed by atoms with van der Waals surface area (Å²) in [6, 6.07) is 9.90. The van der Waals surface area contributed by atoms with Crippen LogP contribution in [0.2, 0.25) is 0 Å². The van der Waals surface area contributed by atoms with Gasteiger partial charge in [0.25, 0.3) is 10.1 Å². The third kappa shape index (κ3) is 6.05. The third-order valence-corrected chi connectivity index (χ3v) is 8.12. The lowest BCUT2D eigenvalue weighted by molar-refractivity contribution is 0.374. The number of benzene rings is 2. The Balaban J connectivity index is 1.95. The van der Waals surface area contributed by atoms with E-state index in [4.69, 9.17) is 30.4 Å². The van der Waals surface area contributed by atoms with Crippen LogP contribution in [-0.4, -0.2) is 57.0 Å². The van der Waals surface area contributed by atoms with E-state index in [1.54, 1.807) is 42.5 Å². The second-order valence-electron chi connectivity index (χ2n) is 8.13. The van der Waals surface area contributed by atoms with Crippen molar-refractivity contribution in [2.45, 2.75) is 10.8 Å². The first kappa shape index (κ1) is 28.4. The van der Waals surface area contributed by atoms with Gasteiger partial charge in [0, 0.05) is 35.0 Å². The van der Waals surface area contributed by atoms with Crippen LogP contribution in [0.3, 0.4) is 0 Å². The lowest BCUT2D eigenvalue weighted by Crippen LogP contribution is -2.51. The van der Waals surface area contributed by atoms with Crippen LogP contribution in [0.15, 0.2) is 65.2 Å². The van der Waals surface area contributed by atoms with Crippen LogP contribution < -0.4 is 30.4 Å². The van der Waals surface area contributed by atoms with E-state index < -0.39 is 32.1 Å². The summed E-state index contributed by atoms with van der Waals surface area (Å²) >= 11 is -1.64. The van der Waals surface area contributed by atoms with Gasteiger partial charge in [-0.15, -0.1) is 0 Å². The van der Waals surface area contributed by atoms with Crippen LogP contribution in [0, 0.1) is 0 Å². The molecule has 0 heterocycles. The topological polar surface area (TPSA) is 166 Å². The molecule has 0 fully saturated rings. The summed E-state index contributed by atoms with van der Waals surface area (Å²) in [5, 5.41) is -0.185. The molecule has 1 aliphatic rings. The van der Waals surface area contributed by atoms with E-state index in [2.05, 4.69) is 0 Å². The van der Waals surface area contributed by atoms with Gasteiger partial charge in [0.2, 0.25) is 0 Å². The smallest absolute Gasteiger partial charge is 0.273 e. The fourth-order valence-electron chi connectivity index (χ4n) is 4.09. The van der Waals surface area contributed by atoms with Crippen molar-refractivity contribution < 1.29 is 36.5 Å². The zero-order valence-corrected chi connectivity index (χ0v) is 22.5. The highest BCUT2D eigenvalue weighted by Gasteiger charge is 2.46. The first-order valence-electron chi connectivity index (χ1n) is 10.9. The Kier molecular flexibility index (Phi) is 8.82. The van der Waals surface area contributed by atoms with E-state index in [0.29, 0.717) is 34.1 Å². The van der Waals surface area contributed by atoms with Gasteiger partial charge in [0.05, 0.1) is 39.5 Å². The second kappa shape index (κ2) is 11.5. The molecular weight excluding hydrogens is 520 g/mol. The molecular formula is C25H30N2O8S2. The SMILES string of the molecule is COc1cc(OC)c(/C=C/[S+]([O-])CC2=CC(S(=O)(=O)O)C(N)(c3ccccc3OC)C=C2N)c(OC)c1. The maximum atomic E-state index is 13.0. The van der Waals surface area contributed by atoms with Crippen molar-refractivity contribution in [3.63, 3.8) is 0 Å². The molecule has 0 amide bonds. The van der Waals surface area contributed by atoms with E-state index in [1.807, 2.05) is 0 Å². The van der Waals surface area contributed by atoms with Gasteiger partial charge in [-0.1, -0.05) is 24.3 Å². The molecule has 3 rings (SSSR count). The van der Waals surface area contributed by atoms with Gasteiger partial charge in [-0.2, -0.15) is 8.42 Å².